The third-order valence-corrected chi connectivity index (χ3v) is 4.22. The van der Waals surface area contributed by atoms with E-state index in [1.54, 1.807) is 4.90 Å². The Hall–Kier alpha value is -2.36. The van der Waals surface area contributed by atoms with E-state index in [1.807, 2.05) is 7.05 Å². The van der Waals surface area contributed by atoms with Crippen LogP contribution in [0.3, 0.4) is 0 Å². The molecule has 3 rings (SSSR count). The second-order valence-corrected chi connectivity index (χ2v) is 5.93. The smallest absolute Gasteiger partial charge is 0.359 e. The minimum atomic E-state index is -4.49. The Morgan fingerprint density at radius 3 is 2.72 bits per heavy atom. The van der Waals surface area contributed by atoms with Gasteiger partial charge in [-0.15, -0.1) is 0 Å². The van der Waals surface area contributed by atoms with Gasteiger partial charge in [0.2, 0.25) is 0 Å². The van der Waals surface area contributed by atoms with Gasteiger partial charge in [-0.25, -0.2) is 0 Å². The summed E-state index contributed by atoms with van der Waals surface area (Å²) in [5, 5.41) is 10.4. The van der Waals surface area contributed by atoms with Crippen molar-refractivity contribution in [1.29, 1.82) is 0 Å². The van der Waals surface area contributed by atoms with Gasteiger partial charge in [-0.1, -0.05) is 5.16 Å². The molecule has 10 heteroatoms. The number of nitrogens with one attached hydrogen (secondary N) is 1. The van der Waals surface area contributed by atoms with Crippen molar-refractivity contribution >= 4 is 5.91 Å². The third kappa shape index (κ3) is 4.01. The summed E-state index contributed by atoms with van der Waals surface area (Å²) in [4.78, 5) is 14.1. The number of carbonyl (C=O) groups excluding carboxylic acids is 1. The topological polar surface area (TPSA) is 76.2 Å². The molecule has 1 fully saturated rings. The number of alkyl halides is 3. The normalized spacial score (nSPS) is 16.4. The zero-order valence-corrected chi connectivity index (χ0v) is 13.6. The van der Waals surface area contributed by atoms with Gasteiger partial charge in [0.05, 0.1) is 0 Å². The lowest BCUT2D eigenvalue weighted by molar-refractivity contribution is -0.141. The minimum Gasteiger partial charge on any atom is -0.359 e. The highest BCUT2D eigenvalue weighted by Gasteiger charge is 2.33. The summed E-state index contributed by atoms with van der Waals surface area (Å²) in [5.41, 5.74) is -0.822. The zero-order valence-electron chi connectivity index (χ0n) is 13.6. The number of halogens is 3. The second kappa shape index (κ2) is 6.87. The number of amides is 1. The summed E-state index contributed by atoms with van der Waals surface area (Å²) in [6, 6.07) is 2.73. The van der Waals surface area contributed by atoms with Crippen molar-refractivity contribution in [3.05, 3.63) is 35.5 Å². The van der Waals surface area contributed by atoms with E-state index in [1.165, 1.54) is 12.3 Å². The number of rotatable bonds is 4. The molecule has 1 saturated heterocycles. The van der Waals surface area contributed by atoms with Gasteiger partial charge in [0.25, 0.3) is 5.91 Å². The quantitative estimate of drug-likeness (QED) is 0.902. The molecule has 1 aliphatic rings. The summed E-state index contributed by atoms with van der Waals surface area (Å²) in [6.07, 6.45) is -1.57. The molecule has 0 bridgehead atoms. The Kier molecular flexibility index (Phi) is 4.80. The molecule has 2 aromatic heterocycles. The first kappa shape index (κ1) is 17.5. The van der Waals surface area contributed by atoms with Gasteiger partial charge in [-0.3, -0.25) is 9.48 Å². The van der Waals surface area contributed by atoms with Gasteiger partial charge in [-0.2, -0.15) is 18.3 Å². The number of hydrogen-bond donors (Lipinski definition) is 1. The third-order valence-electron chi connectivity index (χ3n) is 4.22. The molecule has 7 nitrogen and oxygen atoms in total. The van der Waals surface area contributed by atoms with Crippen LogP contribution in [-0.2, 0) is 12.7 Å². The maximum Gasteiger partial charge on any atom is 0.435 e. The molecule has 0 saturated carbocycles. The molecule has 0 spiro atoms. The predicted octanol–water partition coefficient (Wildman–Crippen LogP) is 1.76. The molecule has 1 aliphatic heterocycles. The minimum absolute atomic E-state index is 0.0296. The maximum atomic E-state index is 12.5. The number of hydrogen-bond acceptors (Lipinski definition) is 5. The monoisotopic (exact) mass is 357 g/mol. The van der Waals surface area contributed by atoms with Crippen LogP contribution in [0.1, 0.15) is 34.8 Å². The Bertz CT molecular complexity index is 732. The van der Waals surface area contributed by atoms with Crippen LogP contribution in [0.5, 0.6) is 0 Å². The highest BCUT2D eigenvalue weighted by molar-refractivity contribution is 5.92. The van der Waals surface area contributed by atoms with Crippen LogP contribution in [0.15, 0.2) is 22.9 Å². The lowest BCUT2D eigenvalue weighted by Gasteiger charge is -2.31. The molecule has 0 aromatic carbocycles. The van der Waals surface area contributed by atoms with Gasteiger partial charge in [0.1, 0.15) is 6.54 Å². The van der Waals surface area contributed by atoms with Gasteiger partial charge >= 0.3 is 6.18 Å². The van der Waals surface area contributed by atoms with E-state index in [9.17, 15) is 18.0 Å². The molecule has 0 aliphatic carbocycles. The fraction of sp³-hybridized carbons (Fsp3) is 0.533. The Morgan fingerprint density at radius 2 is 2.12 bits per heavy atom. The van der Waals surface area contributed by atoms with Gasteiger partial charge in [-0.05, 0) is 26.0 Å². The molecular weight excluding hydrogens is 339 g/mol. The predicted molar refractivity (Wildman–Crippen MR) is 80.8 cm³/mol. The van der Waals surface area contributed by atoms with Crippen LogP contribution in [0.25, 0.3) is 0 Å². The van der Waals surface area contributed by atoms with Gasteiger partial charge < -0.3 is 14.7 Å². The summed E-state index contributed by atoms with van der Waals surface area (Å²) in [5.74, 6) is 0.0336. The van der Waals surface area contributed by atoms with Crippen LogP contribution < -0.4 is 5.32 Å². The highest BCUT2D eigenvalue weighted by atomic mass is 19.4. The molecule has 1 amide bonds. The van der Waals surface area contributed by atoms with Crippen molar-refractivity contribution in [1.82, 2.24) is 25.2 Å². The van der Waals surface area contributed by atoms with Crippen LogP contribution in [-0.4, -0.2) is 51.9 Å². The van der Waals surface area contributed by atoms with Gasteiger partial charge in [0, 0.05) is 31.4 Å². The largest absolute Gasteiger partial charge is 0.435 e. The van der Waals surface area contributed by atoms with E-state index in [0.29, 0.717) is 19.1 Å². The number of likely N-dealkylation sites (tertiary alicyclic amines) is 1. The summed E-state index contributed by atoms with van der Waals surface area (Å²) >= 11 is 0. The Morgan fingerprint density at radius 1 is 1.40 bits per heavy atom. The standard InChI is InChI=1S/C15H18F3N5O2/c1-19-10-2-5-22(6-3-10)14(24)12-8-11(25-21-12)9-23-7-4-13(20-23)15(16,17)18/h4,7-8,10,19H,2-3,5-6,9H2,1H3. The van der Waals surface area contributed by atoms with E-state index >= 15 is 0 Å². The Balaban J connectivity index is 1.62. The lowest BCUT2D eigenvalue weighted by atomic mass is 10.1. The van der Waals surface area contributed by atoms with Crippen molar-refractivity contribution in [2.75, 3.05) is 20.1 Å². The molecule has 0 radical (unpaired) electrons. The first-order valence-electron chi connectivity index (χ1n) is 7.89. The van der Waals surface area contributed by atoms with E-state index in [4.69, 9.17) is 4.52 Å². The molecule has 0 atom stereocenters. The van der Waals surface area contributed by atoms with Crippen LogP contribution >= 0.6 is 0 Å². The average molecular weight is 357 g/mol. The van der Waals surface area contributed by atoms with Crippen LogP contribution in [0, 0.1) is 0 Å². The number of piperidine rings is 1. The molecule has 1 N–H and O–H groups in total. The number of aromatic nitrogens is 3. The lowest BCUT2D eigenvalue weighted by Crippen LogP contribution is -2.44. The first-order chi connectivity index (χ1) is 11.9. The van der Waals surface area contributed by atoms with E-state index < -0.39 is 11.9 Å². The maximum absolute atomic E-state index is 12.5. The molecule has 25 heavy (non-hydrogen) atoms. The molecule has 3 heterocycles. The highest BCUT2D eigenvalue weighted by Crippen LogP contribution is 2.27. The SMILES string of the molecule is CNC1CCN(C(=O)c2cc(Cn3ccc(C(F)(F)F)n3)on2)CC1. The second-order valence-electron chi connectivity index (χ2n) is 5.93. The molecule has 2 aromatic rings. The zero-order chi connectivity index (χ0) is 18.0. The van der Waals surface area contributed by atoms with Crippen molar-refractivity contribution in [2.45, 2.75) is 31.6 Å². The first-order valence-corrected chi connectivity index (χ1v) is 7.89. The van der Waals surface area contributed by atoms with Crippen molar-refractivity contribution in [3.8, 4) is 0 Å². The fourth-order valence-electron chi connectivity index (χ4n) is 2.78. The number of carbonyl (C=O) groups is 1. The van der Waals surface area contributed by atoms with E-state index in [-0.39, 0.29) is 23.9 Å². The van der Waals surface area contributed by atoms with Crippen molar-refractivity contribution in [3.63, 3.8) is 0 Å². The summed E-state index contributed by atoms with van der Waals surface area (Å²) in [6.45, 7) is 1.22. The fourth-order valence-corrected chi connectivity index (χ4v) is 2.78. The summed E-state index contributed by atoms with van der Waals surface area (Å²) < 4.78 is 43.8. The van der Waals surface area contributed by atoms with Crippen LogP contribution in [0.2, 0.25) is 0 Å². The summed E-state index contributed by atoms with van der Waals surface area (Å²) in [7, 11) is 1.89. The molecular formula is C15H18F3N5O2. The number of nitrogens with zero attached hydrogens (tertiary/aromatic N) is 4. The molecule has 0 unspecified atom stereocenters. The van der Waals surface area contributed by atoms with Crippen molar-refractivity contribution in [2.24, 2.45) is 0 Å². The van der Waals surface area contributed by atoms with Crippen LogP contribution in [0.4, 0.5) is 13.2 Å². The van der Waals surface area contributed by atoms with E-state index in [0.717, 1.165) is 23.6 Å². The Labute approximate surface area is 141 Å². The van der Waals surface area contributed by atoms with E-state index in [2.05, 4.69) is 15.6 Å². The van der Waals surface area contributed by atoms with Crippen molar-refractivity contribution < 1.29 is 22.5 Å². The molecule has 136 valence electrons. The van der Waals surface area contributed by atoms with Gasteiger partial charge in [0.15, 0.2) is 17.1 Å². The average Bonchev–Trinajstić information content (AvgIpc) is 3.24.